The number of hydrogen-bond acceptors (Lipinski definition) is 4. The number of nitrogen functional groups attached to an aromatic ring is 1. The lowest BCUT2D eigenvalue weighted by Crippen LogP contribution is -2.01. The molecule has 78 valence electrons. The Kier molecular flexibility index (Phi) is 2.41. The maximum atomic E-state index is 5.65. The molecule has 2 N–H and O–H groups in total. The Morgan fingerprint density at radius 2 is 2.13 bits per heavy atom. The molecule has 0 saturated heterocycles. The lowest BCUT2D eigenvalue weighted by atomic mass is 10.1. The molecule has 0 spiro atoms. The molecule has 0 atom stereocenters. The van der Waals surface area contributed by atoms with Crippen molar-refractivity contribution in [3.63, 3.8) is 0 Å². The third kappa shape index (κ3) is 1.98. The monoisotopic (exact) mass is 203 g/mol. The Morgan fingerprint density at radius 1 is 1.33 bits per heavy atom. The summed E-state index contributed by atoms with van der Waals surface area (Å²) in [6.45, 7) is 4.14. The molecule has 2 rings (SSSR count). The first kappa shape index (κ1) is 9.71. The Labute approximate surface area is 88.2 Å². The second-order valence-corrected chi connectivity index (χ2v) is 3.70. The van der Waals surface area contributed by atoms with E-state index in [1.165, 1.54) is 0 Å². The number of furan rings is 1. The second-order valence-electron chi connectivity index (χ2n) is 3.70. The summed E-state index contributed by atoms with van der Waals surface area (Å²) >= 11 is 0. The Hall–Kier alpha value is -1.84. The highest BCUT2D eigenvalue weighted by Crippen LogP contribution is 2.22. The van der Waals surface area contributed by atoms with Gasteiger partial charge in [-0.3, -0.25) is 0 Å². The van der Waals surface area contributed by atoms with Gasteiger partial charge in [-0.05, 0) is 18.1 Å². The van der Waals surface area contributed by atoms with Crippen molar-refractivity contribution in [2.45, 2.75) is 19.8 Å². The normalized spacial score (nSPS) is 10.9. The van der Waals surface area contributed by atoms with Crippen LogP contribution in [0.5, 0.6) is 0 Å². The summed E-state index contributed by atoms with van der Waals surface area (Å²) in [5, 5.41) is 0. The van der Waals surface area contributed by atoms with E-state index in [2.05, 4.69) is 23.8 Å². The molecule has 0 aromatic carbocycles. The van der Waals surface area contributed by atoms with E-state index in [-0.39, 0.29) is 0 Å². The fourth-order valence-corrected chi connectivity index (χ4v) is 1.34. The van der Waals surface area contributed by atoms with Crippen LogP contribution in [0.15, 0.2) is 29.1 Å². The maximum Gasteiger partial charge on any atom is 0.220 e. The molecule has 0 radical (unpaired) electrons. The Bertz CT molecular complexity index is 449. The summed E-state index contributed by atoms with van der Waals surface area (Å²) in [5.74, 6) is 0.637. The average Bonchev–Trinajstić information content (AvgIpc) is 2.69. The first-order valence-electron chi connectivity index (χ1n) is 4.84. The van der Waals surface area contributed by atoms with Crippen LogP contribution in [-0.2, 0) is 0 Å². The number of nitrogens with two attached hydrogens (primary N) is 1. The van der Waals surface area contributed by atoms with E-state index >= 15 is 0 Å². The molecule has 4 heteroatoms. The number of anilines is 1. The molecule has 0 unspecified atom stereocenters. The van der Waals surface area contributed by atoms with Crippen LogP contribution in [0.1, 0.15) is 25.5 Å². The highest BCUT2D eigenvalue weighted by Gasteiger charge is 2.08. The van der Waals surface area contributed by atoms with E-state index in [4.69, 9.17) is 10.2 Å². The van der Waals surface area contributed by atoms with Crippen molar-refractivity contribution in [2.24, 2.45) is 0 Å². The third-order valence-corrected chi connectivity index (χ3v) is 2.17. The molecule has 0 aliphatic rings. The van der Waals surface area contributed by atoms with Gasteiger partial charge < -0.3 is 10.2 Å². The zero-order valence-electron chi connectivity index (χ0n) is 8.77. The topological polar surface area (TPSA) is 64.9 Å². The molecule has 0 amide bonds. The van der Waals surface area contributed by atoms with E-state index in [0.717, 1.165) is 17.0 Å². The quantitative estimate of drug-likeness (QED) is 0.814. The van der Waals surface area contributed by atoms with Gasteiger partial charge in [0.1, 0.15) is 0 Å². The maximum absolute atomic E-state index is 5.65. The lowest BCUT2D eigenvalue weighted by molar-refractivity contribution is 0.568. The first-order valence-corrected chi connectivity index (χ1v) is 4.84. The van der Waals surface area contributed by atoms with Crippen molar-refractivity contribution in [1.82, 2.24) is 9.97 Å². The van der Waals surface area contributed by atoms with Gasteiger partial charge in [0.05, 0.1) is 18.2 Å². The molecule has 4 nitrogen and oxygen atoms in total. The fourth-order valence-electron chi connectivity index (χ4n) is 1.34. The molecular weight excluding hydrogens is 190 g/mol. The van der Waals surface area contributed by atoms with E-state index in [1.54, 1.807) is 12.5 Å². The first-order chi connectivity index (χ1) is 7.16. The molecule has 2 aromatic rings. The van der Waals surface area contributed by atoms with Gasteiger partial charge in [-0.1, -0.05) is 13.8 Å². The average molecular weight is 203 g/mol. The van der Waals surface area contributed by atoms with Gasteiger partial charge in [0.15, 0.2) is 0 Å². The third-order valence-electron chi connectivity index (χ3n) is 2.17. The van der Waals surface area contributed by atoms with Crippen LogP contribution in [0.25, 0.3) is 11.3 Å². The van der Waals surface area contributed by atoms with Crippen molar-refractivity contribution in [3.05, 3.63) is 30.4 Å². The predicted molar refractivity (Wildman–Crippen MR) is 58.2 cm³/mol. The predicted octanol–water partition coefficient (Wildman–Crippen LogP) is 2.44. The molecule has 0 aliphatic heterocycles. The smallest absolute Gasteiger partial charge is 0.220 e. The van der Waals surface area contributed by atoms with Gasteiger partial charge >= 0.3 is 0 Å². The zero-order chi connectivity index (χ0) is 10.8. The molecule has 15 heavy (non-hydrogen) atoms. The zero-order valence-corrected chi connectivity index (χ0v) is 8.77. The van der Waals surface area contributed by atoms with E-state index in [1.807, 2.05) is 12.1 Å². The van der Waals surface area contributed by atoms with Gasteiger partial charge in [0.2, 0.25) is 5.95 Å². The summed E-state index contributed by atoms with van der Waals surface area (Å²) in [6.07, 6.45) is 3.26. The highest BCUT2D eigenvalue weighted by molar-refractivity contribution is 5.59. The van der Waals surface area contributed by atoms with Crippen molar-refractivity contribution >= 4 is 5.95 Å². The van der Waals surface area contributed by atoms with Gasteiger partial charge in [0.25, 0.3) is 0 Å². The Morgan fingerprint density at radius 3 is 2.73 bits per heavy atom. The second kappa shape index (κ2) is 3.73. The van der Waals surface area contributed by atoms with Gasteiger partial charge in [-0.2, -0.15) is 0 Å². The van der Waals surface area contributed by atoms with Crippen LogP contribution in [0, 0.1) is 0 Å². The minimum absolute atomic E-state index is 0.303. The van der Waals surface area contributed by atoms with Crippen LogP contribution in [-0.4, -0.2) is 9.97 Å². The lowest BCUT2D eigenvalue weighted by Gasteiger charge is -2.06. The minimum atomic E-state index is 0.303. The highest BCUT2D eigenvalue weighted by atomic mass is 16.3. The molecule has 2 heterocycles. The van der Waals surface area contributed by atoms with Crippen molar-refractivity contribution < 1.29 is 4.42 Å². The van der Waals surface area contributed by atoms with Crippen LogP contribution in [0.4, 0.5) is 5.95 Å². The minimum Gasteiger partial charge on any atom is -0.472 e. The van der Waals surface area contributed by atoms with Crippen molar-refractivity contribution in [3.8, 4) is 11.3 Å². The molecule has 0 saturated carbocycles. The standard InChI is InChI=1S/C11H13N3O/c1-7(2)9-5-10(14-11(12)13-9)8-3-4-15-6-8/h3-7H,1-2H3,(H2,12,13,14). The van der Waals surface area contributed by atoms with Crippen molar-refractivity contribution in [1.29, 1.82) is 0 Å². The number of aromatic nitrogens is 2. The van der Waals surface area contributed by atoms with Crippen LogP contribution >= 0.6 is 0 Å². The molecule has 0 fully saturated rings. The van der Waals surface area contributed by atoms with Gasteiger partial charge in [0, 0.05) is 11.3 Å². The van der Waals surface area contributed by atoms with Gasteiger partial charge in [-0.25, -0.2) is 9.97 Å². The van der Waals surface area contributed by atoms with E-state index < -0.39 is 0 Å². The molecule has 0 bridgehead atoms. The van der Waals surface area contributed by atoms with Crippen molar-refractivity contribution in [2.75, 3.05) is 5.73 Å². The fraction of sp³-hybridized carbons (Fsp3) is 0.273. The van der Waals surface area contributed by atoms with Crippen LogP contribution in [0.3, 0.4) is 0 Å². The number of rotatable bonds is 2. The van der Waals surface area contributed by atoms with E-state index in [0.29, 0.717) is 11.9 Å². The number of hydrogen-bond donors (Lipinski definition) is 1. The van der Waals surface area contributed by atoms with Gasteiger partial charge in [-0.15, -0.1) is 0 Å². The Balaban J connectivity index is 2.49. The molecular formula is C11H13N3O. The summed E-state index contributed by atoms with van der Waals surface area (Å²) in [7, 11) is 0. The number of nitrogens with zero attached hydrogens (tertiary/aromatic N) is 2. The van der Waals surface area contributed by atoms with Crippen LogP contribution < -0.4 is 5.73 Å². The summed E-state index contributed by atoms with van der Waals surface area (Å²) in [6, 6.07) is 3.79. The summed E-state index contributed by atoms with van der Waals surface area (Å²) in [5.41, 5.74) is 8.32. The molecule has 0 aliphatic carbocycles. The molecule has 2 aromatic heterocycles. The SMILES string of the molecule is CC(C)c1cc(-c2ccoc2)nc(N)n1. The summed E-state index contributed by atoms with van der Waals surface area (Å²) < 4.78 is 5.01. The largest absolute Gasteiger partial charge is 0.472 e. The van der Waals surface area contributed by atoms with Crippen LogP contribution in [0.2, 0.25) is 0 Å². The summed E-state index contributed by atoms with van der Waals surface area (Å²) in [4.78, 5) is 8.34. The van der Waals surface area contributed by atoms with E-state index in [9.17, 15) is 0 Å².